The Morgan fingerprint density at radius 1 is 1.11 bits per heavy atom. The second-order valence-electron chi connectivity index (χ2n) is 8.47. The molecule has 0 radical (unpaired) electrons. The molecule has 184 valence electrons. The Bertz CT molecular complexity index is 1410. The molecule has 4 aromatic rings. The number of hydrogen-bond donors (Lipinski definition) is 1. The molecule has 0 fully saturated rings. The summed E-state index contributed by atoms with van der Waals surface area (Å²) in [7, 11) is 1.26. The highest BCUT2D eigenvalue weighted by Crippen LogP contribution is 2.38. The van der Waals surface area contributed by atoms with E-state index in [-0.39, 0.29) is 13.1 Å². The maximum atomic E-state index is 14.4. The zero-order valence-electron chi connectivity index (χ0n) is 20.0. The molecule has 9 heteroatoms. The maximum absolute atomic E-state index is 14.4. The van der Waals surface area contributed by atoms with Crippen LogP contribution >= 0.6 is 0 Å². The number of benzene rings is 2. The molecule has 1 aliphatic rings. The minimum absolute atomic E-state index is 0.210. The number of ether oxygens (including phenoxy) is 1. The Morgan fingerprint density at radius 2 is 1.92 bits per heavy atom. The highest BCUT2D eigenvalue weighted by Gasteiger charge is 2.36. The number of carbonyl (C=O) groups is 2. The first-order valence-electron chi connectivity index (χ1n) is 11.7. The Balaban J connectivity index is 1.71. The van der Waals surface area contributed by atoms with E-state index in [4.69, 9.17) is 5.10 Å². The molecule has 2 aromatic carbocycles. The number of aryl methyl sites for hydroxylation is 1. The van der Waals surface area contributed by atoms with E-state index in [0.29, 0.717) is 12.0 Å². The van der Waals surface area contributed by atoms with Crippen molar-refractivity contribution in [3.05, 3.63) is 101 Å². The predicted molar refractivity (Wildman–Crippen MR) is 131 cm³/mol. The van der Waals surface area contributed by atoms with E-state index in [1.165, 1.54) is 19.2 Å². The quantitative estimate of drug-likeness (QED) is 0.429. The fourth-order valence-corrected chi connectivity index (χ4v) is 4.70. The van der Waals surface area contributed by atoms with Gasteiger partial charge in [-0.15, -0.1) is 0 Å². The summed E-state index contributed by atoms with van der Waals surface area (Å²) in [6, 6.07) is 18.8. The molecule has 0 saturated heterocycles. The summed E-state index contributed by atoms with van der Waals surface area (Å²) in [6.45, 7) is 1.95. The lowest BCUT2D eigenvalue weighted by Gasteiger charge is -2.31. The number of fused-ring (bicyclic) bond motifs is 3. The molecule has 0 aliphatic carbocycles. The fourth-order valence-electron chi connectivity index (χ4n) is 4.70. The number of esters is 1. The minimum atomic E-state index is -0.616. The SMILES string of the molecule is CCc1nn(-c2ccccc2)c2c1CN(C(=O)NCC(=O)OC)[C@@H](c1cccc(F)c1)c1cccn1-2. The Labute approximate surface area is 207 Å². The molecule has 0 bridgehead atoms. The molecule has 2 amide bonds. The number of halogens is 1. The lowest BCUT2D eigenvalue weighted by molar-refractivity contribution is -0.139. The topological polar surface area (TPSA) is 81.4 Å². The molecule has 2 aromatic heterocycles. The van der Waals surface area contributed by atoms with Gasteiger partial charge in [-0.3, -0.25) is 4.79 Å². The smallest absolute Gasteiger partial charge is 0.325 e. The monoisotopic (exact) mass is 487 g/mol. The van der Waals surface area contributed by atoms with Gasteiger partial charge in [0.1, 0.15) is 18.2 Å². The van der Waals surface area contributed by atoms with Crippen molar-refractivity contribution in [1.29, 1.82) is 0 Å². The van der Waals surface area contributed by atoms with E-state index in [1.54, 1.807) is 17.0 Å². The van der Waals surface area contributed by atoms with Crippen molar-refractivity contribution in [3.8, 4) is 11.5 Å². The molecular weight excluding hydrogens is 461 g/mol. The van der Waals surface area contributed by atoms with E-state index in [0.717, 1.165) is 28.5 Å². The summed E-state index contributed by atoms with van der Waals surface area (Å²) in [5.74, 6) is -0.134. The molecule has 1 aliphatic heterocycles. The van der Waals surface area contributed by atoms with Crippen LogP contribution in [0.25, 0.3) is 11.5 Å². The predicted octanol–water partition coefficient (Wildman–Crippen LogP) is 4.15. The van der Waals surface area contributed by atoms with Crippen molar-refractivity contribution < 1.29 is 18.7 Å². The van der Waals surface area contributed by atoms with Crippen LogP contribution in [0.3, 0.4) is 0 Å². The van der Waals surface area contributed by atoms with Gasteiger partial charge in [0.25, 0.3) is 0 Å². The third-order valence-electron chi connectivity index (χ3n) is 6.34. The number of carbonyl (C=O) groups excluding carboxylic acids is 2. The first kappa shape index (κ1) is 23.3. The van der Waals surface area contributed by atoms with Gasteiger partial charge in [-0.05, 0) is 48.4 Å². The van der Waals surface area contributed by atoms with E-state index in [9.17, 15) is 14.0 Å². The number of amides is 2. The minimum Gasteiger partial charge on any atom is -0.468 e. The van der Waals surface area contributed by atoms with Crippen LogP contribution in [0.15, 0.2) is 72.9 Å². The van der Waals surface area contributed by atoms with Crippen LogP contribution in [0.2, 0.25) is 0 Å². The lowest BCUT2D eigenvalue weighted by Crippen LogP contribution is -2.44. The highest BCUT2D eigenvalue weighted by atomic mass is 19.1. The van der Waals surface area contributed by atoms with Crippen molar-refractivity contribution in [3.63, 3.8) is 0 Å². The molecule has 1 N–H and O–H groups in total. The van der Waals surface area contributed by atoms with Crippen LogP contribution < -0.4 is 5.32 Å². The van der Waals surface area contributed by atoms with Gasteiger partial charge in [0.2, 0.25) is 0 Å². The van der Waals surface area contributed by atoms with Crippen LogP contribution in [-0.4, -0.2) is 44.9 Å². The maximum Gasteiger partial charge on any atom is 0.325 e. The van der Waals surface area contributed by atoms with E-state index in [2.05, 4.69) is 10.1 Å². The summed E-state index contributed by atoms with van der Waals surface area (Å²) < 4.78 is 22.9. The summed E-state index contributed by atoms with van der Waals surface area (Å²) in [6.07, 6.45) is 2.58. The highest BCUT2D eigenvalue weighted by molar-refractivity contribution is 5.81. The van der Waals surface area contributed by atoms with Crippen molar-refractivity contribution in [2.75, 3.05) is 13.7 Å². The summed E-state index contributed by atoms with van der Waals surface area (Å²) in [4.78, 5) is 26.9. The van der Waals surface area contributed by atoms with Crippen LogP contribution in [0.5, 0.6) is 0 Å². The normalized spacial score (nSPS) is 14.5. The van der Waals surface area contributed by atoms with Gasteiger partial charge in [0.05, 0.1) is 36.8 Å². The first-order valence-corrected chi connectivity index (χ1v) is 11.7. The number of para-hydroxylation sites is 1. The zero-order chi connectivity index (χ0) is 25.2. The van der Waals surface area contributed by atoms with E-state index in [1.807, 2.05) is 64.8 Å². The summed E-state index contributed by atoms with van der Waals surface area (Å²) in [5, 5.41) is 7.55. The van der Waals surface area contributed by atoms with E-state index < -0.39 is 23.9 Å². The molecule has 0 spiro atoms. The number of rotatable bonds is 5. The second kappa shape index (κ2) is 9.69. The van der Waals surface area contributed by atoms with Crippen molar-refractivity contribution in [2.45, 2.75) is 25.9 Å². The summed E-state index contributed by atoms with van der Waals surface area (Å²) >= 11 is 0. The average molecular weight is 488 g/mol. The fraction of sp³-hybridized carbons (Fsp3) is 0.222. The van der Waals surface area contributed by atoms with Gasteiger partial charge in [0, 0.05) is 11.8 Å². The van der Waals surface area contributed by atoms with Crippen molar-refractivity contribution >= 4 is 12.0 Å². The van der Waals surface area contributed by atoms with E-state index >= 15 is 0 Å². The van der Waals surface area contributed by atoms with Gasteiger partial charge in [-0.1, -0.05) is 37.3 Å². The molecule has 5 rings (SSSR count). The third kappa shape index (κ3) is 4.13. The molecule has 3 heterocycles. The average Bonchev–Trinajstić information content (AvgIpc) is 3.48. The zero-order valence-corrected chi connectivity index (χ0v) is 20.0. The van der Waals surface area contributed by atoms with Gasteiger partial charge in [-0.25, -0.2) is 13.9 Å². The van der Waals surface area contributed by atoms with Crippen LogP contribution in [0.1, 0.15) is 35.5 Å². The van der Waals surface area contributed by atoms with Gasteiger partial charge in [-0.2, -0.15) is 5.10 Å². The Kier molecular flexibility index (Phi) is 6.28. The number of nitrogens with one attached hydrogen (secondary N) is 1. The first-order chi connectivity index (χ1) is 17.5. The largest absolute Gasteiger partial charge is 0.468 e. The third-order valence-corrected chi connectivity index (χ3v) is 6.34. The Hall–Kier alpha value is -4.40. The van der Waals surface area contributed by atoms with Crippen molar-refractivity contribution in [1.82, 2.24) is 24.6 Å². The lowest BCUT2D eigenvalue weighted by atomic mass is 10.0. The number of nitrogens with zero attached hydrogens (tertiary/aromatic N) is 4. The standard InChI is InChI=1S/C27H26FN5O3/c1-3-22-21-17-32(27(35)29-16-24(34)36-2)25(18-9-7-10-19(28)15-18)23-13-8-14-31(23)26(21)33(30-22)20-11-5-4-6-12-20/h4-15,25H,3,16-17H2,1-2H3,(H,29,35)/t25-/m0/s1. The number of urea groups is 1. The van der Waals surface area contributed by atoms with Crippen LogP contribution in [0, 0.1) is 5.82 Å². The molecule has 1 atom stereocenters. The second-order valence-corrected chi connectivity index (χ2v) is 8.47. The van der Waals surface area contributed by atoms with Gasteiger partial charge >= 0.3 is 12.0 Å². The summed E-state index contributed by atoms with van der Waals surface area (Å²) in [5.41, 5.74) is 4.00. The van der Waals surface area contributed by atoms with Crippen molar-refractivity contribution in [2.24, 2.45) is 0 Å². The number of aromatic nitrogens is 3. The van der Waals surface area contributed by atoms with Crippen LogP contribution in [0.4, 0.5) is 9.18 Å². The molecule has 0 saturated carbocycles. The van der Waals surface area contributed by atoms with Crippen LogP contribution in [-0.2, 0) is 22.5 Å². The van der Waals surface area contributed by atoms with Gasteiger partial charge < -0.3 is 19.5 Å². The number of hydrogen-bond acceptors (Lipinski definition) is 4. The molecular formula is C27H26FN5O3. The molecule has 8 nitrogen and oxygen atoms in total. The Morgan fingerprint density at radius 3 is 2.64 bits per heavy atom. The molecule has 0 unspecified atom stereocenters. The number of methoxy groups -OCH3 is 1. The van der Waals surface area contributed by atoms with Gasteiger partial charge in [0.15, 0.2) is 0 Å². The molecule has 36 heavy (non-hydrogen) atoms.